The molecule has 2 aromatic carbocycles. The minimum absolute atomic E-state index is 0.0653. The first kappa shape index (κ1) is 24.9. The number of sulfonamides is 1. The Morgan fingerprint density at radius 2 is 1.97 bits per heavy atom. The van der Waals surface area contributed by atoms with E-state index in [2.05, 4.69) is 30.2 Å². The molecule has 0 saturated heterocycles. The van der Waals surface area contributed by atoms with Crippen LogP contribution in [-0.4, -0.2) is 61.6 Å². The van der Waals surface area contributed by atoms with Crippen LogP contribution < -0.4 is 4.74 Å². The third kappa shape index (κ3) is 5.38. The van der Waals surface area contributed by atoms with Crippen LogP contribution in [0.2, 0.25) is 0 Å². The molecule has 7 heteroatoms. The number of allylic oxidation sites excluding steroid dienone is 2. The fourth-order valence-corrected chi connectivity index (χ4v) is 6.67. The molecule has 0 spiro atoms. The Balaban J connectivity index is 1.69. The Bertz CT molecular complexity index is 1120. The lowest BCUT2D eigenvalue weighted by molar-refractivity contribution is 0.0733. The Hall–Kier alpha value is -2.19. The van der Waals surface area contributed by atoms with Gasteiger partial charge >= 0.3 is 0 Å². The van der Waals surface area contributed by atoms with Gasteiger partial charge in [0.25, 0.3) is 0 Å². The molecular weight excluding hydrogens is 448 g/mol. The lowest BCUT2D eigenvalue weighted by Crippen LogP contribution is -2.49. The molecule has 2 aliphatic rings. The van der Waals surface area contributed by atoms with E-state index < -0.39 is 16.1 Å². The molecule has 0 fully saturated rings. The lowest BCUT2D eigenvalue weighted by atomic mass is 10.0. The summed E-state index contributed by atoms with van der Waals surface area (Å²) in [4.78, 5) is 2.40. The number of aliphatic hydroxyl groups is 1. The van der Waals surface area contributed by atoms with E-state index in [1.165, 1.54) is 15.4 Å². The maximum Gasteiger partial charge on any atom is 0.247 e. The summed E-state index contributed by atoms with van der Waals surface area (Å²) in [6.07, 6.45) is 5.20. The predicted octanol–water partition coefficient (Wildman–Crippen LogP) is 4.15. The summed E-state index contributed by atoms with van der Waals surface area (Å²) >= 11 is 0. The zero-order valence-electron chi connectivity index (χ0n) is 20.4. The second-order valence-electron chi connectivity index (χ2n) is 9.71. The summed E-state index contributed by atoms with van der Waals surface area (Å²) in [5.74, 6) is 0.342. The van der Waals surface area contributed by atoms with Gasteiger partial charge in [-0.05, 0) is 62.1 Å². The average molecular weight is 485 g/mol. The highest BCUT2D eigenvalue weighted by Crippen LogP contribution is 2.37. The molecule has 0 saturated carbocycles. The molecule has 0 amide bonds. The second-order valence-corrected chi connectivity index (χ2v) is 11.6. The summed E-state index contributed by atoms with van der Waals surface area (Å²) in [6.45, 7) is 5.28. The van der Waals surface area contributed by atoms with Crippen LogP contribution in [0.1, 0.15) is 44.2 Å². The van der Waals surface area contributed by atoms with Crippen LogP contribution in [0.5, 0.6) is 5.75 Å². The van der Waals surface area contributed by atoms with Gasteiger partial charge in [0.05, 0.1) is 6.61 Å². The van der Waals surface area contributed by atoms with Gasteiger partial charge in [0, 0.05) is 31.6 Å². The van der Waals surface area contributed by atoms with E-state index in [-0.39, 0.29) is 23.5 Å². The van der Waals surface area contributed by atoms with Gasteiger partial charge in [-0.15, -0.1) is 0 Å². The third-order valence-electron chi connectivity index (χ3n) is 6.87. The van der Waals surface area contributed by atoms with Crippen LogP contribution in [0, 0.1) is 5.92 Å². The Morgan fingerprint density at radius 1 is 1.21 bits per heavy atom. The van der Waals surface area contributed by atoms with E-state index in [1.807, 2.05) is 37.3 Å². The van der Waals surface area contributed by atoms with Crippen LogP contribution in [-0.2, 0) is 16.6 Å². The van der Waals surface area contributed by atoms with Crippen LogP contribution in [0.15, 0.2) is 59.5 Å². The van der Waals surface area contributed by atoms with Gasteiger partial charge in [0.1, 0.15) is 16.7 Å². The van der Waals surface area contributed by atoms with Crippen molar-refractivity contribution < 1.29 is 18.3 Å². The largest absolute Gasteiger partial charge is 0.487 e. The van der Waals surface area contributed by atoms with Crippen LogP contribution >= 0.6 is 0 Å². The molecule has 0 bridgehead atoms. The van der Waals surface area contributed by atoms with Gasteiger partial charge in [0.2, 0.25) is 10.0 Å². The number of likely N-dealkylation sites (N-methyl/N-ethyl adjacent to an activating group) is 1. The number of benzene rings is 2. The van der Waals surface area contributed by atoms with Crippen molar-refractivity contribution in [1.29, 1.82) is 0 Å². The van der Waals surface area contributed by atoms with Crippen molar-refractivity contribution in [1.82, 2.24) is 9.21 Å². The third-order valence-corrected chi connectivity index (χ3v) is 8.89. The van der Waals surface area contributed by atoms with E-state index in [0.717, 1.165) is 31.4 Å². The van der Waals surface area contributed by atoms with Gasteiger partial charge in [-0.25, -0.2) is 8.42 Å². The lowest BCUT2D eigenvalue weighted by Gasteiger charge is -2.37. The molecule has 0 unspecified atom stereocenters. The minimum atomic E-state index is -3.81. The fourth-order valence-electron chi connectivity index (χ4n) is 4.84. The molecular formula is C27H36N2O4S. The normalized spacial score (nSPS) is 23.5. The van der Waals surface area contributed by atoms with E-state index in [1.54, 1.807) is 13.0 Å². The smallest absolute Gasteiger partial charge is 0.247 e. The van der Waals surface area contributed by atoms with Crippen molar-refractivity contribution in [3.05, 3.63) is 65.7 Å². The molecule has 184 valence electrons. The number of ether oxygens (including phenoxy) is 1. The Labute approximate surface area is 203 Å². The van der Waals surface area contributed by atoms with Gasteiger partial charge < -0.3 is 9.84 Å². The number of fused-ring (bicyclic) bond motifs is 1. The highest BCUT2D eigenvalue weighted by Gasteiger charge is 2.38. The minimum Gasteiger partial charge on any atom is -0.487 e. The predicted molar refractivity (Wildman–Crippen MR) is 135 cm³/mol. The zero-order chi connectivity index (χ0) is 24.3. The van der Waals surface area contributed by atoms with Crippen LogP contribution in [0.25, 0.3) is 5.57 Å². The number of rotatable bonds is 7. The van der Waals surface area contributed by atoms with Gasteiger partial charge in [0.15, 0.2) is 0 Å². The highest BCUT2D eigenvalue weighted by atomic mass is 32.2. The maximum absolute atomic E-state index is 13.6. The molecule has 1 heterocycles. The first-order valence-corrected chi connectivity index (χ1v) is 13.6. The first-order chi connectivity index (χ1) is 16.3. The molecule has 34 heavy (non-hydrogen) atoms. The van der Waals surface area contributed by atoms with Crippen LogP contribution in [0.4, 0.5) is 0 Å². The fraction of sp³-hybridized carbons (Fsp3) is 0.481. The summed E-state index contributed by atoms with van der Waals surface area (Å²) in [5, 5.41) is 9.83. The van der Waals surface area contributed by atoms with Crippen LogP contribution in [0.3, 0.4) is 0 Å². The maximum atomic E-state index is 13.6. The monoisotopic (exact) mass is 484 g/mol. The molecule has 3 atom stereocenters. The molecule has 1 aliphatic carbocycles. The first-order valence-electron chi connectivity index (χ1n) is 12.1. The van der Waals surface area contributed by atoms with E-state index >= 15 is 0 Å². The van der Waals surface area contributed by atoms with E-state index in [9.17, 15) is 13.5 Å². The Kier molecular flexibility index (Phi) is 7.77. The topological polar surface area (TPSA) is 70.1 Å². The summed E-state index contributed by atoms with van der Waals surface area (Å²) in [7, 11) is -1.75. The van der Waals surface area contributed by atoms with Gasteiger partial charge in [-0.1, -0.05) is 49.4 Å². The van der Waals surface area contributed by atoms with Crippen molar-refractivity contribution in [3.63, 3.8) is 0 Å². The standard InChI is InChI=1S/C27H36N2O4S/c1-20-16-29(21(2)19-30)34(31,32)27-14-13-24(23-11-7-8-12-23)15-25(27)33-26(20)18-28(3)17-22-9-5-4-6-10-22/h4-6,9-11,13-15,20-21,26,30H,7-8,12,16-19H2,1-3H3/t20-,21+,26-/m0/s1. The number of hydrogen-bond donors (Lipinski definition) is 1. The molecule has 6 nitrogen and oxygen atoms in total. The second kappa shape index (κ2) is 10.6. The molecule has 1 aliphatic heterocycles. The van der Waals surface area contributed by atoms with Gasteiger partial charge in [-0.3, -0.25) is 4.90 Å². The Morgan fingerprint density at radius 3 is 2.65 bits per heavy atom. The molecule has 0 radical (unpaired) electrons. The number of aliphatic hydroxyl groups excluding tert-OH is 1. The molecule has 1 N–H and O–H groups in total. The van der Waals surface area contributed by atoms with Crippen molar-refractivity contribution in [2.45, 2.75) is 56.7 Å². The number of hydrogen-bond acceptors (Lipinski definition) is 5. The average Bonchev–Trinajstić information content (AvgIpc) is 3.36. The SMILES string of the molecule is C[C@H](CO)N1C[C@H](C)[C@H](CN(C)Cc2ccccc2)Oc2cc(C3=CCCC3)ccc2S1(=O)=O. The van der Waals surface area contributed by atoms with Crippen molar-refractivity contribution in [2.75, 3.05) is 26.7 Å². The van der Waals surface area contributed by atoms with Crippen molar-refractivity contribution in [3.8, 4) is 5.75 Å². The number of nitrogens with zero attached hydrogens (tertiary/aromatic N) is 2. The molecule has 4 rings (SSSR count). The highest BCUT2D eigenvalue weighted by molar-refractivity contribution is 7.89. The summed E-state index contributed by atoms with van der Waals surface area (Å²) in [5.41, 5.74) is 3.49. The summed E-state index contributed by atoms with van der Waals surface area (Å²) in [6, 6.07) is 15.2. The van der Waals surface area contributed by atoms with Crippen molar-refractivity contribution >= 4 is 15.6 Å². The molecule has 0 aromatic heterocycles. The van der Waals surface area contributed by atoms with E-state index in [4.69, 9.17) is 4.74 Å². The molecule has 2 aromatic rings. The quantitative estimate of drug-likeness (QED) is 0.639. The zero-order valence-corrected chi connectivity index (χ0v) is 21.2. The van der Waals surface area contributed by atoms with Crippen molar-refractivity contribution in [2.24, 2.45) is 5.92 Å². The van der Waals surface area contributed by atoms with E-state index in [0.29, 0.717) is 18.8 Å². The van der Waals surface area contributed by atoms with Gasteiger partial charge in [-0.2, -0.15) is 4.31 Å². The summed E-state index contributed by atoms with van der Waals surface area (Å²) < 4.78 is 35.2.